The normalized spacial score (nSPS) is 16.7. The molecule has 0 saturated carbocycles. The second-order valence-electron chi connectivity index (χ2n) is 3.89. The summed E-state index contributed by atoms with van der Waals surface area (Å²) in [7, 11) is 0. The van der Waals surface area contributed by atoms with Gasteiger partial charge in [-0.15, -0.1) is 0 Å². The van der Waals surface area contributed by atoms with E-state index in [4.69, 9.17) is 15.2 Å². The van der Waals surface area contributed by atoms with Gasteiger partial charge >= 0.3 is 0 Å². The Kier molecular flexibility index (Phi) is 3.71. The Bertz CT molecular complexity index is 382. The van der Waals surface area contributed by atoms with E-state index in [9.17, 15) is 0 Å². The van der Waals surface area contributed by atoms with Gasteiger partial charge < -0.3 is 15.2 Å². The zero-order valence-electron chi connectivity index (χ0n) is 9.33. The molecule has 0 aromatic heterocycles. The number of rotatable bonds is 2. The number of hydrogen-bond donors (Lipinski definition) is 1. The molecule has 3 nitrogen and oxygen atoms in total. The first-order chi connectivity index (χ1) is 7.72. The molecular formula is C12H16BrNO2. The molecular weight excluding hydrogens is 270 g/mol. The Morgan fingerprint density at radius 2 is 1.94 bits per heavy atom. The number of hydrogen-bond acceptors (Lipinski definition) is 3. The Morgan fingerprint density at radius 3 is 2.56 bits per heavy atom. The minimum Gasteiger partial charge on any atom is -0.490 e. The molecule has 2 N–H and O–H groups in total. The highest BCUT2D eigenvalue weighted by atomic mass is 79.9. The lowest BCUT2D eigenvalue weighted by Crippen LogP contribution is -2.09. The van der Waals surface area contributed by atoms with Gasteiger partial charge in [0, 0.05) is 16.9 Å². The van der Waals surface area contributed by atoms with E-state index < -0.39 is 0 Å². The third-order valence-electron chi connectivity index (χ3n) is 2.71. The van der Waals surface area contributed by atoms with Crippen molar-refractivity contribution in [3.05, 3.63) is 22.2 Å². The van der Waals surface area contributed by atoms with E-state index >= 15 is 0 Å². The van der Waals surface area contributed by atoms with Crippen LogP contribution in [0.4, 0.5) is 0 Å². The van der Waals surface area contributed by atoms with Crippen LogP contribution in [0, 0.1) is 0 Å². The summed E-state index contributed by atoms with van der Waals surface area (Å²) < 4.78 is 12.2. The van der Waals surface area contributed by atoms with Crippen LogP contribution in [0.5, 0.6) is 11.5 Å². The van der Waals surface area contributed by atoms with Crippen molar-refractivity contribution >= 4 is 15.9 Å². The molecule has 0 aliphatic carbocycles. The van der Waals surface area contributed by atoms with E-state index in [-0.39, 0.29) is 6.04 Å². The molecule has 0 saturated heterocycles. The Labute approximate surface area is 104 Å². The summed E-state index contributed by atoms with van der Waals surface area (Å²) in [5.74, 6) is 1.61. The highest BCUT2D eigenvalue weighted by Gasteiger charge is 2.16. The minimum atomic E-state index is 0.0338. The molecule has 1 heterocycles. The first kappa shape index (κ1) is 11.7. The van der Waals surface area contributed by atoms with Gasteiger partial charge in [0.15, 0.2) is 11.5 Å². The summed E-state index contributed by atoms with van der Waals surface area (Å²) in [4.78, 5) is 0. The molecule has 88 valence electrons. The fourth-order valence-corrected chi connectivity index (χ4v) is 2.32. The van der Waals surface area contributed by atoms with E-state index in [1.54, 1.807) is 0 Å². The standard InChI is InChI=1S/C12H16BrNO2/c1-2-10(14)8-6-11-12(7-9(8)13)16-5-3-4-15-11/h6-7,10H,2-5,14H2,1H3. The largest absolute Gasteiger partial charge is 0.490 e. The summed E-state index contributed by atoms with van der Waals surface area (Å²) >= 11 is 3.53. The van der Waals surface area contributed by atoms with Crippen molar-refractivity contribution < 1.29 is 9.47 Å². The van der Waals surface area contributed by atoms with Gasteiger partial charge in [-0.1, -0.05) is 22.9 Å². The van der Waals surface area contributed by atoms with Crippen LogP contribution in [0.2, 0.25) is 0 Å². The molecule has 2 rings (SSSR count). The van der Waals surface area contributed by atoms with Crippen LogP contribution < -0.4 is 15.2 Å². The van der Waals surface area contributed by atoms with Gasteiger partial charge in [-0.25, -0.2) is 0 Å². The predicted molar refractivity (Wildman–Crippen MR) is 67.0 cm³/mol. The van der Waals surface area contributed by atoms with Crippen molar-refractivity contribution in [2.24, 2.45) is 5.73 Å². The van der Waals surface area contributed by atoms with Gasteiger partial charge in [-0.2, -0.15) is 0 Å². The number of fused-ring (bicyclic) bond motifs is 1. The maximum Gasteiger partial charge on any atom is 0.162 e. The van der Waals surface area contributed by atoms with Gasteiger partial charge in [0.2, 0.25) is 0 Å². The quantitative estimate of drug-likeness (QED) is 0.909. The maximum absolute atomic E-state index is 6.04. The molecule has 1 aromatic rings. The van der Waals surface area contributed by atoms with Gasteiger partial charge in [-0.05, 0) is 24.1 Å². The van der Waals surface area contributed by atoms with Crippen LogP contribution in [0.25, 0.3) is 0 Å². The molecule has 1 aliphatic heterocycles. The number of ether oxygens (including phenoxy) is 2. The van der Waals surface area contributed by atoms with Crippen LogP contribution in [0.1, 0.15) is 31.4 Å². The lowest BCUT2D eigenvalue weighted by atomic mass is 10.1. The van der Waals surface area contributed by atoms with Crippen LogP contribution in [0.15, 0.2) is 16.6 Å². The first-order valence-electron chi connectivity index (χ1n) is 5.57. The second-order valence-corrected chi connectivity index (χ2v) is 4.74. The van der Waals surface area contributed by atoms with Gasteiger partial charge in [0.05, 0.1) is 13.2 Å². The van der Waals surface area contributed by atoms with Crippen molar-refractivity contribution in [1.29, 1.82) is 0 Å². The van der Waals surface area contributed by atoms with Crippen molar-refractivity contribution in [2.75, 3.05) is 13.2 Å². The van der Waals surface area contributed by atoms with E-state index in [1.165, 1.54) is 0 Å². The fraction of sp³-hybridized carbons (Fsp3) is 0.500. The Morgan fingerprint density at radius 1 is 1.31 bits per heavy atom. The second kappa shape index (κ2) is 5.06. The van der Waals surface area contributed by atoms with E-state index in [0.717, 1.165) is 34.4 Å². The molecule has 1 aliphatic rings. The first-order valence-corrected chi connectivity index (χ1v) is 6.36. The van der Waals surface area contributed by atoms with Gasteiger partial charge in [0.1, 0.15) is 0 Å². The molecule has 16 heavy (non-hydrogen) atoms. The fourth-order valence-electron chi connectivity index (χ4n) is 1.70. The lowest BCUT2D eigenvalue weighted by molar-refractivity contribution is 0.297. The van der Waals surface area contributed by atoms with E-state index in [1.807, 2.05) is 12.1 Å². The zero-order valence-corrected chi connectivity index (χ0v) is 10.9. The molecule has 0 fully saturated rings. The topological polar surface area (TPSA) is 44.5 Å². The van der Waals surface area contributed by atoms with Crippen LogP contribution >= 0.6 is 15.9 Å². The summed E-state index contributed by atoms with van der Waals surface area (Å²) in [5.41, 5.74) is 7.12. The highest BCUT2D eigenvalue weighted by molar-refractivity contribution is 9.10. The molecule has 0 amide bonds. The van der Waals surface area contributed by atoms with Crippen molar-refractivity contribution in [3.8, 4) is 11.5 Å². The third kappa shape index (κ3) is 2.33. The van der Waals surface area contributed by atoms with Crippen LogP contribution in [-0.4, -0.2) is 13.2 Å². The van der Waals surface area contributed by atoms with Gasteiger partial charge in [0.25, 0.3) is 0 Å². The molecule has 0 radical (unpaired) electrons. The summed E-state index contributed by atoms with van der Waals surface area (Å²) in [6.45, 7) is 3.48. The number of halogens is 1. The zero-order chi connectivity index (χ0) is 11.5. The molecule has 1 unspecified atom stereocenters. The SMILES string of the molecule is CCC(N)c1cc2c(cc1Br)OCCCO2. The Balaban J connectivity index is 2.38. The summed E-state index contributed by atoms with van der Waals surface area (Å²) in [5, 5.41) is 0. The third-order valence-corrected chi connectivity index (χ3v) is 3.39. The van der Waals surface area contributed by atoms with Crippen molar-refractivity contribution in [3.63, 3.8) is 0 Å². The lowest BCUT2D eigenvalue weighted by Gasteiger charge is -2.15. The molecule has 0 bridgehead atoms. The average Bonchev–Trinajstić information content (AvgIpc) is 2.51. The predicted octanol–water partition coefficient (Wildman–Crippen LogP) is 3.02. The average molecular weight is 286 g/mol. The smallest absolute Gasteiger partial charge is 0.162 e. The maximum atomic E-state index is 6.04. The van der Waals surface area contributed by atoms with Crippen molar-refractivity contribution in [1.82, 2.24) is 0 Å². The monoisotopic (exact) mass is 285 g/mol. The number of benzene rings is 1. The summed E-state index contributed by atoms with van der Waals surface area (Å²) in [6.07, 6.45) is 1.82. The van der Waals surface area contributed by atoms with E-state index in [2.05, 4.69) is 22.9 Å². The minimum absolute atomic E-state index is 0.0338. The van der Waals surface area contributed by atoms with E-state index in [0.29, 0.717) is 13.2 Å². The van der Waals surface area contributed by atoms with Crippen LogP contribution in [-0.2, 0) is 0 Å². The Hall–Kier alpha value is -0.740. The molecule has 4 heteroatoms. The van der Waals surface area contributed by atoms with Crippen LogP contribution in [0.3, 0.4) is 0 Å². The number of nitrogens with two attached hydrogens (primary N) is 1. The highest BCUT2D eigenvalue weighted by Crippen LogP contribution is 2.37. The molecule has 1 atom stereocenters. The molecule has 0 spiro atoms. The summed E-state index contributed by atoms with van der Waals surface area (Å²) in [6, 6.07) is 3.97. The van der Waals surface area contributed by atoms with Crippen molar-refractivity contribution in [2.45, 2.75) is 25.8 Å². The van der Waals surface area contributed by atoms with Gasteiger partial charge in [-0.3, -0.25) is 0 Å². The molecule has 1 aromatic carbocycles.